The zero-order valence-electron chi connectivity index (χ0n) is 15.9. The van der Waals surface area contributed by atoms with Crippen molar-refractivity contribution in [2.24, 2.45) is 0 Å². The summed E-state index contributed by atoms with van der Waals surface area (Å²) in [5.74, 6) is 0. The monoisotopic (exact) mass is 588 g/mol. The van der Waals surface area contributed by atoms with Gasteiger partial charge in [0.2, 0.25) is 0 Å². The van der Waals surface area contributed by atoms with E-state index in [0.29, 0.717) is 0 Å². The third kappa shape index (κ3) is 18.8. The van der Waals surface area contributed by atoms with Gasteiger partial charge in [-0.1, -0.05) is 54.6 Å². The van der Waals surface area contributed by atoms with Crippen LogP contribution >= 0.6 is 34.5 Å². The molecule has 180 valence electrons. The van der Waals surface area contributed by atoms with Crippen molar-refractivity contribution in [1.29, 1.82) is 0 Å². The molecule has 0 aromatic heterocycles. The van der Waals surface area contributed by atoms with Crippen molar-refractivity contribution >= 4 is 50.4 Å². The molecule has 0 saturated carbocycles. The Morgan fingerprint density at radius 2 is 0.500 bits per heavy atom. The summed E-state index contributed by atoms with van der Waals surface area (Å²) in [6.07, 6.45) is 0. The van der Waals surface area contributed by atoms with Crippen molar-refractivity contribution in [1.82, 2.24) is 0 Å². The second kappa shape index (κ2) is 20.8. The molecule has 0 bridgehead atoms. The van der Waals surface area contributed by atoms with Crippen LogP contribution in [0.4, 0.5) is 37.8 Å². The van der Waals surface area contributed by atoms with Gasteiger partial charge in [-0.15, -0.1) is 0 Å². The Kier molecular flexibility index (Phi) is 21.7. The molecule has 0 spiro atoms. The molecule has 0 aliphatic heterocycles. The predicted octanol–water partition coefficient (Wildman–Crippen LogP) is 8.74. The van der Waals surface area contributed by atoms with Crippen molar-refractivity contribution in [2.75, 3.05) is 0 Å². The molecular formula is C18H19F9NiP4+4. The maximum Gasteiger partial charge on any atom is 0.558 e. The van der Waals surface area contributed by atoms with Gasteiger partial charge in [0.15, 0.2) is 0 Å². The van der Waals surface area contributed by atoms with Crippen LogP contribution in [-0.2, 0) is 16.5 Å². The van der Waals surface area contributed by atoms with E-state index in [4.69, 9.17) is 0 Å². The van der Waals surface area contributed by atoms with Crippen molar-refractivity contribution in [3.8, 4) is 0 Å². The second-order valence-electron chi connectivity index (χ2n) is 5.12. The Bertz CT molecular complexity index is 672. The zero-order valence-corrected chi connectivity index (χ0v) is 20.9. The largest absolute Gasteiger partial charge is 0.558 e. The fraction of sp³-hybridized carbons (Fsp3) is 0. The summed E-state index contributed by atoms with van der Waals surface area (Å²) in [6, 6.07) is 32.5. The van der Waals surface area contributed by atoms with Gasteiger partial charge in [0, 0.05) is 54.3 Å². The van der Waals surface area contributed by atoms with Crippen molar-refractivity contribution in [3.63, 3.8) is 0 Å². The number of rotatable bonds is 3. The molecule has 3 aromatic carbocycles. The predicted molar refractivity (Wildman–Crippen MR) is 121 cm³/mol. The SMILES string of the molecule is F[PH+](F)F.F[PH+](F)F.F[PH+](F)F.[Ni].c1ccc([PH+](c2ccccc2)c2ccccc2)cc1. The van der Waals surface area contributed by atoms with E-state index in [1.807, 2.05) is 0 Å². The Morgan fingerprint density at radius 3 is 0.656 bits per heavy atom. The Hall–Kier alpha value is -0.756. The first-order valence-electron chi connectivity index (χ1n) is 8.18. The van der Waals surface area contributed by atoms with Gasteiger partial charge in [-0.3, -0.25) is 0 Å². The molecule has 3 aromatic rings. The van der Waals surface area contributed by atoms with Gasteiger partial charge in [-0.2, -0.15) is 0 Å². The van der Waals surface area contributed by atoms with Crippen molar-refractivity contribution < 1.29 is 54.3 Å². The van der Waals surface area contributed by atoms with Crippen LogP contribution < -0.4 is 15.9 Å². The van der Waals surface area contributed by atoms with Crippen LogP contribution in [0.3, 0.4) is 0 Å². The van der Waals surface area contributed by atoms with Crippen LogP contribution in [0.15, 0.2) is 91.0 Å². The van der Waals surface area contributed by atoms with E-state index in [1.54, 1.807) is 0 Å². The number of hydrogen-bond acceptors (Lipinski definition) is 0. The molecule has 0 atom stereocenters. The van der Waals surface area contributed by atoms with E-state index in [0.717, 1.165) is 0 Å². The van der Waals surface area contributed by atoms with E-state index >= 15 is 0 Å². The maximum absolute atomic E-state index is 9.77. The molecule has 0 unspecified atom stereocenters. The van der Waals surface area contributed by atoms with Crippen LogP contribution in [0.25, 0.3) is 0 Å². The molecule has 32 heavy (non-hydrogen) atoms. The summed E-state index contributed by atoms with van der Waals surface area (Å²) in [5, 5.41) is 4.31. The Labute approximate surface area is 195 Å². The summed E-state index contributed by atoms with van der Waals surface area (Å²) >= 11 is 0. The quantitative estimate of drug-likeness (QED) is 0.163. The van der Waals surface area contributed by atoms with E-state index in [9.17, 15) is 37.8 Å². The van der Waals surface area contributed by atoms with Gasteiger partial charge in [-0.05, 0) is 36.4 Å². The molecule has 3 rings (SSSR count). The van der Waals surface area contributed by atoms with E-state index in [-0.39, 0.29) is 16.5 Å². The molecule has 0 saturated heterocycles. The van der Waals surface area contributed by atoms with Crippen LogP contribution in [0.5, 0.6) is 0 Å². The summed E-state index contributed by atoms with van der Waals surface area (Å²) in [4.78, 5) is 0. The van der Waals surface area contributed by atoms with Crippen LogP contribution in [0.2, 0.25) is 0 Å². The van der Waals surface area contributed by atoms with E-state index in [1.165, 1.54) is 15.9 Å². The van der Waals surface area contributed by atoms with Crippen molar-refractivity contribution in [3.05, 3.63) is 91.0 Å². The molecule has 14 heteroatoms. The minimum atomic E-state index is -4.38. The third-order valence-electron chi connectivity index (χ3n) is 3.19. The first-order chi connectivity index (χ1) is 14.6. The average molecular weight is 589 g/mol. The molecule has 0 N–H and O–H groups in total. The molecule has 0 amide bonds. The van der Waals surface area contributed by atoms with Crippen molar-refractivity contribution in [2.45, 2.75) is 0 Å². The zero-order chi connectivity index (χ0) is 23.6. The first-order valence-corrected chi connectivity index (χ1v) is 13.1. The summed E-state index contributed by atoms with van der Waals surface area (Å²) in [5.41, 5.74) is 0. The second-order valence-corrected chi connectivity index (χ2v) is 8.88. The van der Waals surface area contributed by atoms with E-state index < -0.39 is 34.5 Å². The maximum atomic E-state index is 9.77. The molecular weight excluding hydrogens is 570 g/mol. The van der Waals surface area contributed by atoms with Gasteiger partial charge in [-0.25, -0.2) is 0 Å². The van der Waals surface area contributed by atoms with Gasteiger partial charge in [0.1, 0.15) is 15.9 Å². The van der Waals surface area contributed by atoms with Gasteiger partial charge in [0.25, 0.3) is 0 Å². The summed E-state index contributed by atoms with van der Waals surface area (Å²) < 4.78 is 87.9. The molecule has 0 aliphatic rings. The Balaban J connectivity index is 0. The number of benzene rings is 3. The smallest absolute Gasteiger partial charge is 0.0620 e. The van der Waals surface area contributed by atoms with Crippen LogP contribution in [0, 0.1) is 0 Å². The summed E-state index contributed by atoms with van der Waals surface area (Å²) in [7, 11) is -14.0. The topological polar surface area (TPSA) is 0 Å². The standard InChI is InChI=1S/C18H15P.3F3HP.Ni/c1-4-10-16(11-5-1)19(17-12-6-2-7-13-17)18-14-8-3-9-15-18;3*1-4(2)3;/h1-15H;3*4H;/q;3*+1;/p+1. The fourth-order valence-electron chi connectivity index (χ4n) is 2.31. The number of halogens is 9. The minimum Gasteiger partial charge on any atom is -0.0620 e. The van der Waals surface area contributed by atoms with Gasteiger partial charge in [0.05, 0.1) is 7.92 Å². The molecule has 0 nitrogen and oxygen atoms in total. The number of hydrogen-bond donors (Lipinski definition) is 0. The molecule has 0 heterocycles. The average Bonchev–Trinajstić information content (AvgIpc) is 2.69. The van der Waals surface area contributed by atoms with Gasteiger partial charge < -0.3 is 0 Å². The third-order valence-corrected chi connectivity index (χ3v) is 5.92. The molecule has 0 fully saturated rings. The molecule has 0 aliphatic carbocycles. The summed E-state index contributed by atoms with van der Waals surface area (Å²) in [6.45, 7) is 0. The minimum absolute atomic E-state index is 0. The first kappa shape index (κ1) is 33.4. The molecule has 0 radical (unpaired) electrons. The fourth-order valence-corrected chi connectivity index (χ4v) is 4.89. The van der Waals surface area contributed by atoms with Crippen LogP contribution in [-0.4, -0.2) is 0 Å². The van der Waals surface area contributed by atoms with E-state index in [2.05, 4.69) is 91.0 Å². The Morgan fingerprint density at radius 1 is 0.344 bits per heavy atom. The van der Waals surface area contributed by atoms with Gasteiger partial charge >= 0.3 is 26.6 Å². The normalized spacial score (nSPS) is 9.66. The van der Waals surface area contributed by atoms with Crippen LogP contribution in [0.1, 0.15) is 0 Å².